The number of hydrazine groups is 1. The number of aromatic nitrogens is 2. The lowest BCUT2D eigenvalue weighted by molar-refractivity contribution is 0.0595. The van der Waals surface area contributed by atoms with Gasteiger partial charge >= 0.3 is 0 Å². The summed E-state index contributed by atoms with van der Waals surface area (Å²) in [6, 6.07) is 0. The molecule has 1 atom stereocenters. The van der Waals surface area contributed by atoms with Gasteiger partial charge in [0.25, 0.3) is 0 Å². The average molecular weight is 237 g/mol. The molecule has 1 aliphatic heterocycles. The highest BCUT2D eigenvalue weighted by Crippen LogP contribution is 2.16. The molecule has 1 unspecified atom stereocenters. The number of nitrogens with one attached hydrogen (secondary N) is 2. The van der Waals surface area contributed by atoms with Gasteiger partial charge in [-0.05, 0) is 25.7 Å². The second-order valence-corrected chi connectivity index (χ2v) is 4.33. The van der Waals surface area contributed by atoms with E-state index in [9.17, 15) is 0 Å². The lowest BCUT2D eigenvalue weighted by atomic mass is 10.0. The smallest absolute Gasteiger partial charge is 0.239 e. The Morgan fingerprint density at radius 1 is 1.59 bits per heavy atom. The highest BCUT2D eigenvalue weighted by atomic mass is 16.5. The third-order valence-electron chi connectivity index (χ3n) is 2.91. The van der Waals surface area contributed by atoms with Crippen molar-refractivity contribution in [3.63, 3.8) is 0 Å². The Bertz CT molecular complexity index is 365. The highest BCUT2D eigenvalue weighted by Gasteiger charge is 2.14. The molecule has 0 bridgehead atoms. The van der Waals surface area contributed by atoms with Gasteiger partial charge < -0.3 is 10.1 Å². The van der Waals surface area contributed by atoms with Gasteiger partial charge in [-0.3, -0.25) is 5.43 Å². The monoisotopic (exact) mass is 237 g/mol. The summed E-state index contributed by atoms with van der Waals surface area (Å²) in [5.74, 6) is 7.11. The summed E-state index contributed by atoms with van der Waals surface area (Å²) in [4.78, 5) is 8.32. The molecule has 94 valence electrons. The van der Waals surface area contributed by atoms with Gasteiger partial charge in [0.2, 0.25) is 5.95 Å². The van der Waals surface area contributed by atoms with Crippen LogP contribution in [-0.2, 0) is 4.74 Å². The van der Waals surface area contributed by atoms with Crippen molar-refractivity contribution in [2.24, 2.45) is 11.8 Å². The van der Waals surface area contributed by atoms with Crippen molar-refractivity contribution in [1.29, 1.82) is 0 Å². The molecule has 6 nitrogen and oxygen atoms in total. The minimum Gasteiger partial charge on any atom is -0.381 e. The van der Waals surface area contributed by atoms with E-state index in [0.29, 0.717) is 11.9 Å². The van der Waals surface area contributed by atoms with E-state index >= 15 is 0 Å². The van der Waals surface area contributed by atoms with Crippen LogP contribution in [0.25, 0.3) is 0 Å². The number of hydrogen-bond acceptors (Lipinski definition) is 6. The van der Waals surface area contributed by atoms with Gasteiger partial charge in [0.1, 0.15) is 5.82 Å². The van der Waals surface area contributed by atoms with E-state index < -0.39 is 0 Å². The molecule has 1 aromatic heterocycles. The van der Waals surface area contributed by atoms with Gasteiger partial charge in [-0.1, -0.05) is 0 Å². The number of nitrogens with zero attached hydrogens (tertiary/aromatic N) is 2. The number of anilines is 2. The summed E-state index contributed by atoms with van der Waals surface area (Å²) in [5, 5.41) is 3.33. The van der Waals surface area contributed by atoms with Crippen molar-refractivity contribution in [2.45, 2.75) is 19.8 Å². The van der Waals surface area contributed by atoms with E-state index in [-0.39, 0.29) is 0 Å². The Hall–Kier alpha value is -1.40. The van der Waals surface area contributed by atoms with E-state index in [4.69, 9.17) is 10.6 Å². The molecule has 0 radical (unpaired) electrons. The molecule has 0 amide bonds. The third-order valence-corrected chi connectivity index (χ3v) is 2.91. The molecule has 1 fully saturated rings. The summed E-state index contributed by atoms with van der Waals surface area (Å²) in [6.07, 6.45) is 4.10. The average Bonchev–Trinajstić information content (AvgIpc) is 2.39. The maximum Gasteiger partial charge on any atom is 0.239 e. The lowest BCUT2D eigenvalue weighted by Gasteiger charge is -2.22. The molecular formula is C11H19N5O. The van der Waals surface area contributed by atoms with Crippen LogP contribution in [0.3, 0.4) is 0 Å². The van der Waals surface area contributed by atoms with Crippen molar-refractivity contribution in [2.75, 3.05) is 30.5 Å². The predicted molar refractivity (Wildman–Crippen MR) is 66.6 cm³/mol. The second kappa shape index (κ2) is 5.79. The normalized spacial score (nSPS) is 20.0. The van der Waals surface area contributed by atoms with Gasteiger partial charge in [0, 0.05) is 24.9 Å². The van der Waals surface area contributed by atoms with E-state index in [1.54, 1.807) is 6.20 Å². The Labute approximate surface area is 101 Å². The number of hydrogen-bond donors (Lipinski definition) is 3. The molecule has 6 heteroatoms. The van der Waals surface area contributed by atoms with Gasteiger partial charge in [-0.2, -0.15) is 4.98 Å². The second-order valence-electron chi connectivity index (χ2n) is 4.33. The molecule has 4 N–H and O–H groups in total. The van der Waals surface area contributed by atoms with E-state index in [1.165, 1.54) is 6.42 Å². The molecular weight excluding hydrogens is 218 g/mol. The first kappa shape index (κ1) is 12.1. The van der Waals surface area contributed by atoms with Crippen LogP contribution >= 0.6 is 0 Å². The van der Waals surface area contributed by atoms with E-state index in [0.717, 1.165) is 37.6 Å². The molecule has 1 aromatic rings. The quantitative estimate of drug-likeness (QED) is 0.533. The third kappa shape index (κ3) is 3.28. The molecule has 17 heavy (non-hydrogen) atoms. The fourth-order valence-corrected chi connectivity index (χ4v) is 1.90. The highest BCUT2D eigenvalue weighted by molar-refractivity contribution is 5.45. The number of nitrogen functional groups attached to an aromatic ring is 1. The van der Waals surface area contributed by atoms with Gasteiger partial charge in [0.05, 0.1) is 6.61 Å². The van der Waals surface area contributed by atoms with Crippen LogP contribution in [-0.4, -0.2) is 29.7 Å². The summed E-state index contributed by atoms with van der Waals surface area (Å²) >= 11 is 0. The SMILES string of the molecule is Cc1cnc(NN)nc1NCC1CCCOC1. The number of aryl methyl sites for hydroxylation is 1. The molecule has 0 spiro atoms. The van der Waals surface area contributed by atoms with Crippen molar-refractivity contribution < 1.29 is 4.74 Å². The maximum atomic E-state index is 5.44. The Kier molecular flexibility index (Phi) is 4.11. The summed E-state index contributed by atoms with van der Waals surface area (Å²) in [5.41, 5.74) is 3.46. The number of nitrogens with two attached hydrogens (primary N) is 1. The van der Waals surface area contributed by atoms with Crippen LogP contribution in [0, 0.1) is 12.8 Å². The zero-order valence-electron chi connectivity index (χ0n) is 10.1. The van der Waals surface area contributed by atoms with Crippen molar-refractivity contribution >= 4 is 11.8 Å². The summed E-state index contributed by atoms with van der Waals surface area (Å²) in [6.45, 7) is 4.57. The molecule has 1 aliphatic rings. The van der Waals surface area contributed by atoms with Gasteiger partial charge in [-0.15, -0.1) is 0 Å². The molecule has 2 rings (SSSR count). The Morgan fingerprint density at radius 3 is 3.18 bits per heavy atom. The predicted octanol–water partition coefficient (Wildman–Crippen LogP) is 0.909. The largest absolute Gasteiger partial charge is 0.381 e. The fourth-order valence-electron chi connectivity index (χ4n) is 1.90. The van der Waals surface area contributed by atoms with Crippen LogP contribution in [0.5, 0.6) is 0 Å². The Balaban J connectivity index is 1.92. The molecule has 2 heterocycles. The minimum atomic E-state index is 0.429. The molecule has 0 saturated carbocycles. The Morgan fingerprint density at radius 2 is 2.47 bits per heavy atom. The van der Waals surface area contributed by atoms with E-state index in [2.05, 4.69) is 20.7 Å². The van der Waals surface area contributed by atoms with Crippen LogP contribution in [0.15, 0.2) is 6.20 Å². The summed E-state index contributed by atoms with van der Waals surface area (Å²) in [7, 11) is 0. The first-order valence-electron chi connectivity index (χ1n) is 5.91. The number of ether oxygens (including phenoxy) is 1. The molecule has 0 aromatic carbocycles. The van der Waals surface area contributed by atoms with Crippen molar-refractivity contribution in [1.82, 2.24) is 9.97 Å². The molecule has 0 aliphatic carbocycles. The zero-order chi connectivity index (χ0) is 12.1. The van der Waals surface area contributed by atoms with Crippen LogP contribution in [0.4, 0.5) is 11.8 Å². The fraction of sp³-hybridized carbons (Fsp3) is 0.636. The van der Waals surface area contributed by atoms with Gasteiger partial charge in [-0.25, -0.2) is 10.8 Å². The van der Waals surface area contributed by atoms with Crippen LogP contribution in [0.2, 0.25) is 0 Å². The van der Waals surface area contributed by atoms with Crippen LogP contribution in [0.1, 0.15) is 18.4 Å². The zero-order valence-corrected chi connectivity index (χ0v) is 10.1. The standard InChI is InChI=1S/C11H19N5O/c1-8-5-14-11(16-12)15-10(8)13-6-9-3-2-4-17-7-9/h5,9H,2-4,6-7,12H2,1H3,(H2,13,14,15,16). The lowest BCUT2D eigenvalue weighted by Crippen LogP contribution is -2.25. The van der Waals surface area contributed by atoms with Gasteiger partial charge in [0.15, 0.2) is 0 Å². The maximum absolute atomic E-state index is 5.44. The topological polar surface area (TPSA) is 85.1 Å². The van der Waals surface area contributed by atoms with Crippen LogP contribution < -0.4 is 16.6 Å². The first-order chi connectivity index (χ1) is 8.29. The molecule has 1 saturated heterocycles. The first-order valence-corrected chi connectivity index (χ1v) is 5.91. The number of rotatable bonds is 4. The summed E-state index contributed by atoms with van der Waals surface area (Å²) < 4.78 is 5.44. The minimum absolute atomic E-state index is 0.429. The van der Waals surface area contributed by atoms with Crippen molar-refractivity contribution in [3.05, 3.63) is 11.8 Å². The van der Waals surface area contributed by atoms with Crippen molar-refractivity contribution in [3.8, 4) is 0 Å². The van der Waals surface area contributed by atoms with E-state index in [1.807, 2.05) is 6.92 Å².